The molecule has 0 bridgehead atoms. The molecule has 6 nitrogen and oxygen atoms in total. The van der Waals surface area contributed by atoms with E-state index in [1.54, 1.807) is 18.1 Å². The van der Waals surface area contributed by atoms with E-state index in [-0.39, 0.29) is 17.7 Å². The Morgan fingerprint density at radius 3 is 2.92 bits per heavy atom. The number of amides is 2. The lowest BCUT2D eigenvalue weighted by atomic mass is 9.96. The van der Waals surface area contributed by atoms with Crippen molar-refractivity contribution in [3.05, 3.63) is 41.6 Å². The molecule has 2 amide bonds. The van der Waals surface area contributed by atoms with Gasteiger partial charge in [-0.05, 0) is 55.5 Å². The molecule has 1 atom stereocenters. The number of likely N-dealkylation sites (tertiary alicyclic amines) is 1. The van der Waals surface area contributed by atoms with Crippen molar-refractivity contribution >= 4 is 22.7 Å². The van der Waals surface area contributed by atoms with Gasteiger partial charge >= 0.3 is 0 Å². The standard InChI is InChI=1S/C20H25N3O3/c1-14-7-8-21-18-6-5-16(10-17(14)18)20(26)23-9-3-4-15(12-23)11-22(2)19(25)13-24/h5-8,10,15,24H,3-4,9,11-13H2,1-2H3. The number of carbonyl (C=O) groups excluding carboxylic acids is 2. The fourth-order valence-electron chi connectivity index (χ4n) is 3.61. The van der Waals surface area contributed by atoms with Gasteiger partial charge in [-0.3, -0.25) is 14.6 Å². The number of aliphatic hydroxyl groups is 1. The number of benzene rings is 1. The first kappa shape index (κ1) is 18.3. The second-order valence-corrected chi connectivity index (χ2v) is 7.05. The highest BCUT2D eigenvalue weighted by Gasteiger charge is 2.26. The summed E-state index contributed by atoms with van der Waals surface area (Å²) >= 11 is 0. The number of nitrogens with zero attached hydrogens (tertiary/aromatic N) is 3. The maximum absolute atomic E-state index is 13.0. The molecule has 0 radical (unpaired) electrons. The largest absolute Gasteiger partial charge is 0.387 e. The molecule has 6 heteroatoms. The Bertz CT molecular complexity index is 821. The lowest BCUT2D eigenvalue weighted by Crippen LogP contribution is -2.44. The predicted molar refractivity (Wildman–Crippen MR) is 99.8 cm³/mol. The minimum absolute atomic E-state index is 0.0241. The Balaban J connectivity index is 1.73. The third-order valence-electron chi connectivity index (χ3n) is 5.11. The molecule has 3 rings (SSSR count). The highest BCUT2D eigenvalue weighted by Crippen LogP contribution is 2.22. The average Bonchev–Trinajstić information content (AvgIpc) is 2.67. The van der Waals surface area contributed by atoms with E-state index >= 15 is 0 Å². The quantitative estimate of drug-likeness (QED) is 0.908. The van der Waals surface area contributed by atoms with Gasteiger partial charge in [0, 0.05) is 43.8 Å². The van der Waals surface area contributed by atoms with E-state index in [1.165, 1.54) is 0 Å². The van der Waals surface area contributed by atoms with Gasteiger partial charge in [0.1, 0.15) is 6.61 Å². The highest BCUT2D eigenvalue weighted by molar-refractivity contribution is 5.98. The van der Waals surface area contributed by atoms with E-state index < -0.39 is 6.61 Å². The molecular formula is C20H25N3O3. The fraction of sp³-hybridized carbons (Fsp3) is 0.450. The summed E-state index contributed by atoms with van der Waals surface area (Å²) in [7, 11) is 1.69. The van der Waals surface area contributed by atoms with Gasteiger partial charge in [0.25, 0.3) is 5.91 Å². The highest BCUT2D eigenvalue weighted by atomic mass is 16.3. The van der Waals surface area contributed by atoms with Crippen LogP contribution in [0.2, 0.25) is 0 Å². The third-order valence-corrected chi connectivity index (χ3v) is 5.11. The van der Waals surface area contributed by atoms with Gasteiger partial charge in [-0.1, -0.05) is 0 Å². The van der Waals surface area contributed by atoms with Crippen LogP contribution in [0.4, 0.5) is 0 Å². The lowest BCUT2D eigenvalue weighted by Gasteiger charge is -2.34. The molecular weight excluding hydrogens is 330 g/mol. The summed E-state index contributed by atoms with van der Waals surface area (Å²) in [6.45, 7) is 3.46. The molecule has 26 heavy (non-hydrogen) atoms. The second-order valence-electron chi connectivity index (χ2n) is 7.05. The summed E-state index contributed by atoms with van der Waals surface area (Å²) in [5, 5.41) is 9.97. The Labute approximate surface area is 153 Å². The molecule has 2 heterocycles. The van der Waals surface area contributed by atoms with Gasteiger partial charge in [-0.25, -0.2) is 0 Å². The molecule has 1 aliphatic heterocycles. The van der Waals surface area contributed by atoms with E-state index in [4.69, 9.17) is 5.11 Å². The molecule has 0 saturated carbocycles. The van der Waals surface area contributed by atoms with E-state index in [2.05, 4.69) is 4.98 Å². The zero-order valence-electron chi connectivity index (χ0n) is 15.3. The predicted octanol–water partition coefficient (Wildman–Crippen LogP) is 1.85. The van der Waals surface area contributed by atoms with Crippen LogP contribution in [-0.2, 0) is 4.79 Å². The number of aliphatic hydroxyl groups excluding tert-OH is 1. The van der Waals surface area contributed by atoms with Crippen molar-refractivity contribution in [2.24, 2.45) is 5.92 Å². The molecule has 0 aliphatic carbocycles. The van der Waals surface area contributed by atoms with Crippen molar-refractivity contribution in [3.63, 3.8) is 0 Å². The average molecular weight is 355 g/mol. The first-order valence-corrected chi connectivity index (χ1v) is 8.99. The van der Waals surface area contributed by atoms with Crippen LogP contribution in [0.15, 0.2) is 30.5 Å². The third kappa shape index (κ3) is 3.85. The summed E-state index contributed by atoms with van der Waals surface area (Å²) in [5.74, 6) is -0.0287. The molecule has 1 saturated heterocycles. The smallest absolute Gasteiger partial charge is 0.253 e. The molecule has 1 aromatic heterocycles. The summed E-state index contributed by atoms with van der Waals surface area (Å²) in [6, 6.07) is 7.60. The SMILES string of the molecule is Cc1ccnc2ccc(C(=O)N3CCCC(CN(C)C(=O)CO)C3)cc12. The number of hydrogen-bond acceptors (Lipinski definition) is 4. The van der Waals surface area contributed by atoms with Crippen LogP contribution in [0.5, 0.6) is 0 Å². The van der Waals surface area contributed by atoms with Crippen LogP contribution in [0.25, 0.3) is 10.9 Å². The van der Waals surface area contributed by atoms with Crippen molar-refractivity contribution in [1.82, 2.24) is 14.8 Å². The number of likely N-dealkylation sites (N-methyl/N-ethyl adjacent to an activating group) is 1. The minimum atomic E-state index is -0.476. The van der Waals surface area contributed by atoms with Crippen LogP contribution in [-0.4, -0.2) is 65.0 Å². The zero-order valence-corrected chi connectivity index (χ0v) is 15.3. The van der Waals surface area contributed by atoms with Gasteiger partial charge in [-0.15, -0.1) is 0 Å². The Morgan fingerprint density at radius 2 is 2.15 bits per heavy atom. The van der Waals surface area contributed by atoms with Crippen LogP contribution in [0.1, 0.15) is 28.8 Å². The normalized spacial score (nSPS) is 17.3. The van der Waals surface area contributed by atoms with Crippen molar-refractivity contribution in [1.29, 1.82) is 0 Å². The maximum Gasteiger partial charge on any atom is 0.253 e. The van der Waals surface area contributed by atoms with Crippen LogP contribution >= 0.6 is 0 Å². The fourth-order valence-corrected chi connectivity index (χ4v) is 3.61. The molecule has 2 aromatic rings. The van der Waals surface area contributed by atoms with Gasteiger partial charge < -0.3 is 14.9 Å². The lowest BCUT2D eigenvalue weighted by molar-refractivity contribution is -0.133. The van der Waals surface area contributed by atoms with Crippen molar-refractivity contribution in [2.75, 3.05) is 33.3 Å². The number of rotatable bonds is 4. The van der Waals surface area contributed by atoms with Crippen molar-refractivity contribution in [2.45, 2.75) is 19.8 Å². The molecule has 0 spiro atoms. The number of piperidine rings is 1. The number of hydrogen-bond donors (Lipinski definition) is 1. The van der Waals surface area contributed by atoms with Crippen molar-refractivity contribution < 1.29 is 14.7 Å². The molecule has 1 fully saturated rings. The molecule has 1 unspecified atom stereocenters. The summed E-state index contributed by atoms with van der Waals surface area (Å²) in [5.41, 5.74) is 2.67. The zero-order chi connectivity index (χ0) is 18.7. The van der Waals surface area contributed by atoms with Crippen LogP contribution in [0, 0.1) is 12.8 Å². The van der Waals surface area contributed by atoms with Gasteiger partial charge in [0.15, 0.2) is 0 Å². The van der Waals surface area contributed by atoms with Gasteiger partial charge in [0.05, 0.1) is 5.52 Å². The summed E-state index contributed by atoms with van der Waals surface area (Å²) < 4.78 is 0. The van der Waals surface area contributed by atoms with Crippen molar-refractivity contribution in [3.8, 4) is 0 Å². The Hall–Kier alpha value is -2.47. The summed E-state index contributed by atoms with van der Waals surface area (Å²) in [4.78, 5) is 32.3. The number of aromatic nitrogens is 1. The number of carbonyl (C=O) groups is 2. The summed E-state index contributed by atoms with van der Waals surface area (Å²) in [6.07, 6.45) is 3.68. The second kappa shape index (κ2) is 7.83. The Morgan fingerprint density at radius 1 is 1.35 bits per heavy atom. The molecule has 1 aromatic carbocycles. The van der Waals surface area contributed by atoms with E-state index in [0.717, 1.165) is 35.9 Å². The number of pyridine rings is 1. The Kier molecular flexibility index (Phi) is 5.52. The van der Waals surface area contributed by atoms with Crippen LogP contribution in [0.3, 0.4) is 0 Å². The molecule has 1 N–H and O–H groups in total. The number of aryl methyl sites for hydroxylation is 1. The first-order valence-electron chi connectivity index (χ1n) is 8.99. The number of fused-ring (bicyclic) bond motifs is 1. The van der Waals surface area contributed by atoms with Gasteiger partial charge in [-0.2, -0.15) is 0 Å². The maximum atomic E-state index is 13.0. The monoisotopic (exact) mass is 355 g/mol. The van der Waals surface area contributed by atoms with E-state index in [9.17, 15) is 9.59 Å². The minimum Gasteiger partial charge on any atom is -0.387 e. The van der Waals surface area contributed by atoms with E-state index in [0.29, 0.717) is 18.7 Å². The van der Waals surface area contributed by atoms with Gasteiger partial charge in [0.2, 0.25) is 5.91 Å². The van der Waals surface area contributed by atoms with Crippen LogP contribution < -0.4 is 0 Å². The van der Waals surface area contributed by atoms with E-state index in [1.807, 2.05) is 36.1 Å². The molecule has 138 valence electrons. The topological polar surface area (TPSA) is 73.7 Å². The molecule has 1 aliphatic rings. The first-order chi connectivity index (χ1) is 12.5.